The Bertz CT molecular complexity index is 3370. The van der Waals surface area contributed by atoms with Crippen LogP contribution in [0, 0.1) is 11.8 Å². The molecule has 0 bridgehead atoms. The topological polar surface area (TPSA) is 205 Å². The molecule has 4 aromatic heterocycles. The van der Waals surface area contributed by atoms with Gasteiger partial charge in [-0.1, -0.05) is 76.4 Å². The SMILES string of the molecule is C[C@@H]1CN(c2nc(-n3ccc([Si](C)(C)CCC(F)(F)F)n3)ccc2C(=O)NS(=O)(=O)c2ccccc2)C(C)(C)C1.C[C@@H]1CN(c2nc(Br)ccc2C(=O)NS(=O)(=O)c2ccccc2)C(C)(C)C1.C[Si](C)(CCC(F)(F)F)c1ccn[nH]1. The number of aromatic nitrogens is 6. The summed E-state index contributed by atoms with van der Waals surface area (Å²) in [5.74, 6) is 0.433. The minimum atomic E-state index is -4.23. The molecular weight excluding hydrogens is 1200 g/mol. The molecule has 8 rings (SSSR count). The second kappa shape index (κ2) is 24.9. The lowest BCUT2D eigenvalue weighted by atomic mass is 9.97. The highest BCUT2D eigenvalue weighted by atomic mass is 79.9. The number of sulfonamides is 2. The quantitative estimate of drug-likeness (QED) is 0.0499. The zero-order chi connectivity index (χ0) is 60.1. The largest absolute Gasteiger partial charge is 0.388 e. The first-order valence-corrected chi connectivity index (χ1v) is 36.2. The molecule has 2 atom stereocenters. The highest BCUT2D eigenvalue weighted by Crippen LogP contribution is 2.40. The number of pyridine rings is 2. The fourth-order valence-electron chi connectivity index (χ4n) is 9.96. The number of nitrogens with one attached hydrogen (secondary N) is 3. The Morgan fingerprint density at radius 3 is 1.52 bits per heavy atom. The molecule has 2 amide bonds. The van der Waals surface area contributed by atoms with Gasteiger partial charge in [0.05, 0.1) is 20.9 Å². The molecular formula is C54H69BrF6N10O6S2Si2. The van der Waals surface area contributed by atoms with E-state index in [1.54, 1.807) is 79.1 Å². The number of carbonyl (C=O) groups is 2. The van der Waals surface area contributed by atoms with Crippen LogP contribution in [0.15, 0.2) is 124 Å². The number of amides is 2. The van der Waals surface area contributed by atoms with Crippen molar-refractivity contribution in [1.29, 1.82) is 0 Å². The van der Waals surface area contributed by atoms with Crippen LogP contribution in [0.25, 0.3) is 5.82 Å². The van der Waals surface area contributed by atoms with E-state index < -0.39 is 73.2 Å². The van der Waals surface area contributed by atoms with Crippen molar-refractivity contribution in [3.05, 3.63) is 125 Å². The molecule has 6 heterocycles. The van der Waals surface area contributed by atoms with Gasteiger partial charge in [-0.25, -0.2) is 40.9 Å². The van der Waals surface area contributed by atoms with Crippen LogP contribution in [0.5, 0.6) is 0 Å². The van der Waals surface area contributed by atoms with Gasteiger partial charge in [0.1, 0.15) is 32.4 Å². The molecule has 2 aromatic carbocycles. The molecule has 3 N–H and O–H groups in total. The van der Waals surface area contributed by atoms with Crippen molar-refractivity contribution in [2.45, 2.75) is 139 Å². The summed E-state index contributed by atoms with van der Waals surface area (Å²) in [6.07, 6.45) is -4.81. The number of anilines is 2. The van der Waals surface area contributed by atoms with Crippen LogP contribution in [0.3, 0.4) is 0 Å². The van der Waals surface area contributed by atoms with Crippen molar-refractivity contribution in [3.63, 3.8) is 0 Å². The number of halogens is 7. The van der Waals surface area contributed by atoms with E-state index in [1.807, 2.05) is 44.9 Å². The predicted octanol–water partition coefficient (Wildman–Crippen LogP) is 10.7. The molecule has 0 spiro atoms. The molecule has 2 aliphatic heterocycles. The van der Waals surface area contributed by atoms with Crippen molar-refractivity contribution in [1.82, 2.24) is 39.4 Å². The van der Waals surface area contributed by atoms with E-state index in [0.29, 0.717) is 45.8 Å². The van der Waals surface area contributed by atoms with Gasteiger partial charge in [0, 0.05) is 60.0 Å². The van der Waals surface area contributed by atoms with Crippen molar-refractivity contribution >= 4 is 86.2 Å². The van der Waals surface area contributed by atoms with Gasteiger partial charge < -0.3 is 9.80 Å². The van der Waals surface area contributed by atoms with Crippen LogP contribution in [0.2, 0.25) is 38.3 Å². The third-order valence-corrected chi connectivity index (χ3v) is 23.7. The molecule has 16 nitrogen and oxygen atoms in total. The zero-order valence-electron chi connectivity index (χ0n) is 46.7. The molecule has 0 radical (unpaired) electrons. The number of alkyl halides is 6. The first kappa shape index (κ1) is 64.3. The Labute approximate surface area is 480 Å². The fraction of sp³-hybridized carbons (Fsp3) is 0.444. The van der Waals surface area contributed by atoms with Crippen LogP contribution < -0.4 is 29.9 Å². The van der Waals surface area contributed by atoms with Gasteiger partial charge in [-0.3, -0.25) is 14.7 Å². The summed E-state index contributed by atoms with van der Waals surface area (Å²) in [5.41, 5.74) is -0.210. The number of carbonyl (C=O) groups excluding carboxylic acids is 2. The average molecular weight is 1270 g/mol. The van der Waals surface area contributed by atoms with E-state index in [-0.39, 0.29) is 44.1 Å². The Morgan fingerprint density at radius 1 is 0.654 bits per heavy atom. The second-order valence-corrected chi connectivity index (χ2v) is 36.9. The summed E-state index contributed by atoms with van der Waals surface area (Å²) >= 11 is 3.36. The Kier molecular flexibility index (Phi) is 19.8. The molecule has 27 heteroatoms. The molecule has 0 unspecified atom stereocenters. The molecule has 2 fully saturated rings. The lowest BCUT2D eigenvalue weighted by Gasteiger charge is -2.34. The summed E-state index contributed by atoms with van der Waals surface area (Å²) < 4.78 is 132. The van der Waals surface area contributed by atoms with Crippen LogP contribution in [0.1, 0.15) is 87.9 Å². The number of nitrogens with zero attached hydrogens (tertiary/aromatic N) is 7. The molecule has 440 valence electrons. The van der Waals surface area contributed by atoms with Crippen LogP contribution in [-0.4, -0.2) is 111 Å². The number of H-pyrrole nitrogens is 1. The monoisotopic (exact) mass is 1270 g/mol. The van der Waals surface area contributed by atoms with Crippen LogP contribution in [0.4, 0.5) is 38.0 Å². The smallest absolute Gasteiger partial charge is 0.351 e. The maximum atomic E-state index is 13.4. The number of aromatic amines is 1. The third-order valence-electron chi connectivity index (χ3n) is 14.2. The summed E-state index contributed by atoms with van der Waals surface area (Å²) in [5, 5.41) is 12.6. The van der Waals surface area contributed by atoms with E-state index in [4.69, 9.17) is 4.98 Å². The van der Waals surface area contributed by atoms with Gasteiger partial charge in [-0.15, -0.1) is 0 Å². The Balaban J connectivity index is 0.000000221. The molecule has 2 saturated heterocycles. The minimum absolute atomic E-state index is 0.0149. The summed E-state index contributed by atoms with van der Waals surface area (Å²) in [4.78, 5) is 39.6. The molecule has 0 aliphatic carbocycles. The van der Waals surface area contributed by atoms with Gasteiger partial charge in [-0.05, 0) is 141 Å². The number of rotatable bonds is 15. The molecule has 2 aliphatic rings. The van der Waals surface area contributed by atoms with Gasteiger partial charge in [0.15, 0.2) is 5.82 Å². The summed E-state index contributed by atoms with van der Waals surface area (Å²) in [7, 11) is -12.5. The zero-order valence-corrected chi connectivity index (χ0v) is 52.0. The highest BCUT2D eigenvalue weighted by Gasteiger charge is 2.42. The predicted molar refractivity (Wildman–Crippen MR) is 310 cm³/mol. The van der Waals surface area contributed by atoms with Crippen molar-refractivity contribution in [2.75, 3.05) is 22.9 Å². The second-order valence-electron chi connectivity index (χ2n) is 23.1. The van der Waals surface area contributed by atoms with E-state index in [1.165, 1.54) is 35.0 Å². The standard InChI is InChI=1S/C27H34F3N5O3SSi.C19H22BrN3O3S.C8H13F3N2Si/c1-19-17-26(2,3)34(18-19)24-21(25(36)33-39(37,38)20-9-7-6-8-10-20)11-12-22(31-24)35-15-13-23(32-35)40(4,5)16-14-27(28,29)30;1-13-11-19(2,3)23(12-13)17-15(9-10-16(20)21-17)18(24)22-27(25,26)14-7-5-4-6-8-14;1-14(2,6-4-8(9,10)11)7-3-5-12-13-7/h6-13,15,19H,14,16-18H2,1-5H3,(H,33,36);4-10,13H,11-12H2,1-3H3,(H,22,24);3,5H,4,6H2,1-2H3,(H,12,13)/t19-;13-;/m00./s1. The van der Waals surface area contributed by atoms with E-state index in [9.17, 15) is 52.8 Å². The van der Waals surface area contributed by atoms with Crippen molar-refractivity contribution in [3.8, 4) is 5.82 Å². The number of benzene rings is 2. The van der Waals surface area contributed by atoms with Gasteiger partial charge in [0.25, 0.3) is 31.9 Å². The number of hydrogen-bond acceptors (Lipinski definition) is 12. The highest BCUT2D eigenvalue weighted by molar-refractivity contribution is 9.10. The Hall–Kier alpha value is -5.91. The first-order valence-electron chi connectivity index (χ1n) is 26.1. The van der Waals surface area contributed by atoms with E-state index in [0.717, 1.165) is 24.7 Å². The van der Waals surface area contributed by atoms with Crippen LogP contribution >= 0.6 is 15.9 Å². The average Bonchev–Trinajstić information content (AvgIpc) is 4.32. The van der Waals surface area contributed by atoms with Crippen molar-refractivity contribution in [2.24, 2.45) is 11.8 Å². The van der Waals surface area contributed by atoms with Gasteiger partial charge >= 0.3 is 12.4 Å². The molecule has 81 heavy (non-hydrogen) atoms. The lowest BCUT2D eigenvalue weighted by Crippen LogP contribution is -2.43. The summed E-state index contributed by atoms with van der Waals surface area (Å²) in [6.45, 7) is 21.4. The number of hydrogen-bond donors (Lipinski definition) is 3. The molecule has 0 saturated carbocycles. The van der Waals surface area contributed by atoms with Gasteiger partial charge in [0.2, 0.25) is 0 Å². The van der Waals surface area contributed by atoms with E-state index in [2.05, 4.69) is 78.2 Å². The van der Waals surface area contributed by atoms with Gasteiger partial charge in [-0.2, -0.15) is 36.5 Å². The van der Waals surface area contributed by atoms with E-state index >= 15 is 0 Å². The maximum absolute atomic E-state index is 13.4. The lowest BCUT2D eigenvalue weighted by molar-refractivity contribution is -0.131. The third kappa shape index (κ3) is 17.1. The minimum Gasteiger partial charge on any atom is -0.351 e. The maximum Gasteiger partial charge on any atom is 0.388 e. The van der Waals surface area contributed by atoms with Crippen LogP contribution in [-0.2, 0) is 20.0 Å². The first-order chi connectivity index (χ1) is 37.4. The normalized spacial score (nSPS) is 17.4. The Morgan fingerprint density at radius 2 is 1.10 bits per heavy atom. The summed E-state index contributed by atoms with van der Waals surface area (Å²) in [6, 6.07) is 25.5. The van der Waals surface area contributed by atoms with Crippen molar-refractivity contribution < 1.29 is 52.8 Å². The fourth-order valence-corrected chi connectivity index (χ4v) is 16.4. The molecule has 6 aromatic rings.